The number of hydrogen-bond donors (Lipinski definition) is 0. The van der Waals surface area contributed by atoms with Crippen molar-refractivity contribution in [2.45, 2.75) is 38.6 Å². The Hall–Kier alpha value is -0.770. The highest BCUT2D eigenvalue weighted by Crippen LogP contribution is 2.26. The van der Waals surface area contributed by atoms with E-state index in [1.54, 1.807) is 6.07 Å². The molecule has 2 aliphatic heterocycles. The predicted octanol–water partition coefficient (Wildman–Crippen LogP) is 4.22. The molecule has 1 aromatic rings. The van der Waals surface area contributed by atoms with E-state index in [-0.39, 0.29) is 5.92 Å². The molecule has 0 N–H and O–H groups in total. The second kappa shape index (κ2) is 7.87. The fourth-order valence-corrected chi connectivity index (χ4v) is 4.13. The van der Waals surface area contributed by atoms with Crippen molar-refractivity contribution in [3.8, 4) is 0 Å². The molecule has 0 aromatic heterocycles. The summed E-state index contributed by atoms with van der Waals surface area (Å²) in [6.45, 7) is 4.55. The van der Waals surface area contributed by atoms with Crippen molar-refractivity contribution in [1.29, 1.82) is 0 Å². The van der Waals surface area contributed by atoms with Gasteiger partial charge in [-0.3, -0.25) is 9.69 Å². The van der Waals surface area contributed by atoms with Crippen molar-refractivity contribution in [3.05, 3.63) is 33.8 Å². The third-order valence-corrected chi connectivity index (χ3v) is 5.52. The number of hydrogen-bond acceptors (Lipinski definition) is 2. The average Bonchev–Trinajstić information content (AvgIpc) is 2.58. The Labute approximate surface area is 148 Å². The molecule has 1 amide bonds. The fraction of sp³-hybridized carbons (Fsp3) is 0.611. The zero-order valence-corrected chi connectivity index (χ0v) is 15.0. The van der Waals surface area contributed by atoms with Crippen molar-refractivity contribution < 1.29 is 4.79 Å². The maximum atomic E-state index is 12.7. The van der Waals surface area contributed by atoms with Crippen molar-refractivity contribution >= 4 is 29.1 Å². The van der Waals surface area contributed by atoms with E-state index >= 15 is 0 Å². The van der Waals surface area contributed by atoms with Crippen LogP contribution in [0.4, 0.5) is 0 Å². The molecule has 3 rings (SSSR count). The summed E-state index contributed by atoms with van der Waals surface area (Å²) < 4.78 is 0. The Balaban J connectivity index is 1.60. The highest BCUT2D eigenvalue weighted by Gasteiger charge is 2.30. The number of halogens is 2. The van der Waals surface area contributed by atoms with Gasteiger partial charge in [0.25, 0.3) is 0 Å². The number of benzene rings is 1. The van der Waals surface area contributed by atoms with Gasteiger partial charge in [0.15, 0.2) is 0 Å². The molecule has 2 heterocycles. The quantitative estimate of drug-likeness (QED) is 0.811. The molecule has 1 atom stereocenters. The summed E-state index contributed by atoms with van der Waals surface area (Å²) in [5, 5.41) is 1.37. The standard InChI is InChI=1S/C18H24Cl2N2O/c19-16-7-6-14(17(20)11-16)12-21-8-4-5-15(13-21)18(23)22-9-2-1-3-10-22/h6-7,11,15H,1-5,8-10,12-13H2. The summed E-state index contributed by atoms with van der Waals surface area (Å²) in [4.78, 5) is 17.1. The third kappa shape index (κ3) is 4.40. The van der Waals surface area contributed by atoms with Crippen LogP contribution in [0.25, 0.3) is 0 Å². The first-order chi connectivity index (χ1) is 11.1. The molecule has 0 bridgehead atoms. The van der Waals surface area contributed by atoms with E-state index in [0.29, 0.717) is 16.0 Å². The first-order valence-corrected chi connectivity index (χ1v) is 9.34. The van der Waals surface area contributed by atoms with E-state index in [9.17, 15) is 4.79 Å². The first kappa shape index (κ1) is 17.1. The molecule has 1 aromatic carbocycles. The molecule has 0 radical (unpaired) electrons. The van der Waals surface area contributed by atoms with Gasteiger partial charge in [-0.15, -0.1) is 0 Å². The Morgan fingerprint density at radius 2 is 1.87 bits per heavy atom. The summed E-state index contributed by atoms with van der Waals surface area (Å²) in [5.41, 5.74) is 1.09. The van der Waals surface area contributed by atoms with Crippen molar-refractivity contribution in [2.24, 2.45) is 5.92 Å². The molecule has 2 fully saturated rings. The second-order valence-electron chi connectivity index (χ2n) is 6.70. The minimum Gasteiger partial charge on any atom is -0.342 e. The number of piperidine rings is 2. The number of carbonyl (C=O) groups is 1. The highest BCUT2D eigenvalue weighted by atomic mass is 35.5. The SMILES string of the molecule is O=C(C1CCCN(Cc2ccc(Cl)cc2Cl)C1)N1CCCCC1. The van der Waals surface area contributed by atoms with E-state index in [2.05, 4.69) is 9.80 Å². The van der Waals surface area contributed by atoms with Crippen LogP contribution in [0.1, 0.15) is 37.7 Å². The topological polar surface area (TPSA) is 23.6 Å². The van der Waals surface area contributed by atoms with E-state index in [4.69, 9.17) is 23.2 Å². The van der Waals surface area contributed by atoms with Gasteiger partial charge in [-0.2, -0.15) is 0 Å². The van der Waals surface area contributed by atoms with E-state index in [1.807, 2.05) is 12.1 Å². The molecular formula is C18H24Cl2N2O. The first-order valence-electron chi connectivity index (χ1n) is 8.58. The Bertz CT molecular complexity index is 558. The summed E-state index contributed by atoms with van der Waals surface area (Å²) in [6, 6.07) is 5.66. The minimum absolute atomic E-state index is 0.146. The molecule has 0 saturated carbocycles. The van der Waals surface area contributed by atoms with Gasteiger partial charge in [-0.05, 0) is 56.3 Å². The van der Waals surface area contributed by atoms with E-state index < -0.39 is 0 Å². The van der Waals surface area contributed by atoms with Gasteiger partial charge < -0.3 is 4.90 Å². The summed E-state index contributed by atoms with van der Waals surface area (Å²) in [6.07, 6.45) is 5.66. The van der Waals surface area contributed by atoms with Crippen LogP contribution in [0, 0.1) is 5.92 Å². The summed E-state index contributed by atoms with van der Waals surface area (Å²) in [5.74, 6) is 0.504. The van der Waals surface area contributed by atoms with E-state index in [1.165, 1.54) is 6.42 Å². The van der Waals surface area contributed by atoms with Crippen molar-refractivity contribution in [3.63, 3.8) is 0 Å². The summed E-state index contributed by atoms with van der Waals surface area (Å²) in [7, 11) is 0. The largest absolute Gasteiger partial charge is 0.342 e. The van der Waals surface area contributed by atoms with Gasteiger partial charge in [-0.25, -0.2) is 0 Å². The molecule has 0 aliphatic carbocycles. The van der Waals surface area contributed by atoms with Crippen LogP contribution in [0.2, 0.25) is 10.0 Å². The van der Waals surface area contributed by atoms with Crippen LogP contribution in [-0.4, -0.2) is 41.9 Å². The average molecular weight is 355 g/mol. The van der Waals surface area contributed by atoms with Crippen molar-refractivity contribution in [2.75, 3.05) is 26.2 Å². The van der Waals surface area contributed by atoms with Gasteiger partial charge in [0.05, 0.1) is 5.92 Å². The summed E-state index contributed by atoms with van der Waals surface area (Å²) >= 11 is 12.2. The Morgan fingerprint density at radius 3 is 2.61 bits per heavy atom. The van der Waals surface area contributed by atoms with Gasteiger partial charge >= 0.3 is 0 Å². The van der Waals surface area contributed by atoms with Crippen molar-refractivity contribution in [1.82, 2.24) is 9.80 Å². The third-order valence-electron chi connectivity index (χ3n) is 4.93. The number of carbonyl (C=O) groups excluding carboxylic acids is 1. The molecular weight excluding hydrogens is 331 g/mol. The number of nitrogens with zero attached hydrogens (tertiary/aromatic N) is 2. The van der Waals surface area contributed by atoms with Gasteiger partial charge in [-0.1, -0.05) is 29.3 Å². The lowest BCUT2D eigenvalue weighted by Crippen LogP contribution is -2.46. The van der Waals surface area contributed by atoms with Gasteiger partial charge in [0.2, 0.25) is 5.91 Å². The molecule has 0 spiro atoms. The Kier molecular flexibility index (Phi) is 5.84. The van der Waals surface area contributed by atoms with Crippen LogP contribution in [-0.2, 0) is 11.3 Å². The van der Waals surface area contributed by atoms with Crippen LogP contribution in [0.5, 0.6) is 0 Å². The van der Waals surface area contributed by atoms with Crippen LogP contribution < -0.4 is 0 Å². The lowest BCUT2D eigenvalue weighted by molar-refractivity contribution is -0.138. The highest BCUT2D eigenvalue weighted by molar-refractivity contribution is 6.35. The maximum Gasteiger partial charge on any atom is 0.226 e. The zero-order valence-electron chi connectivity index (χ0n) is 13.4. The van der Waals surface area contributed by atoms with E-state index in [0.717, 1.165) is 64.0 Å². The van der Waals surface area contributed by atoms with Gasteiger partial charge in [0, 0.05) is 36.2 Å². The molecule has 2 aliphatic rings. The minimum atomic E-state index is 0.146. The lowest BCUT2D eigenvalue weighted by Gasteiger charge is -2.36. The zero-order chi connectivity index (χ0) is 16.2. The predicted molar refractivity (Wildman–Crippen MR) is 94.9 cm³/mol. The second-order valence-corrected chi connectivity index (χ2v) is 7.54. The Morgan fingerprint density at radius 1 is 1.09 bits per heavy atom. The van der Waals surface area contributed by atoms with Crippen LogP contribution >= 0.6 is 23.2 Å². The lowest BCUT2D eigenvalue weighted by atomic mass is 9.95. The maximum absolute atomic E-state index is 12.7. The number of rotatable bonds is 3. The molecule has 23 heavy (non-hydrogen) atoms. The molecule has 2 saturated heterocycles. The number of amides is 1. The fourth-order valence-electron chi connectivity index (χ4n) is 3.66. The smallest absolute Gasteiger partial charge is 0.226 e. The molecule has 1 unspecified atom stereocenters. The van der Waals surface area contributed by atoms with Crippen LogP contribution in [0.15, 0.2) is 18.2 Å². The monoisotopic (exact) mass is 354 g/mol. The molecule has 3 nitrogen and oxygen atoms in total. The number of likely N-dealkylation sites (tertiary alicyclic amines) is 2. The normalized spacial score (nSPS) is 23.0. The van der Waals surface area contributed by atoms with Gasteiger partial charge in [0.1, 0.15) is 0 Å². The molecule has 5 heteroatoms. The molecule has 126 valence electrons. The van der Waals surface area contributed by atoms with Crippen LogP contribution in [0.3, 0.4) is 0 Å².